The number of nitrogens with zero attached hydrogens (tertiary/aromatic N) is 2. The molecule has 0 aliphatic heterocycles. The van der Waals surface area contributed by atoms with Crippen LogP contribution in [0.25, 0.3) is 0 Å². The summed E-state index contributed by atoms with van der Waals surface area (Å²) in [7, 11) is 0. The largest absolute Gasteiger partial charge is 0.396 e. The maximum absolute atomic E-state index is 11.3. The number of hydrogen-bond acceptors (Lipinski definition) is 4. The van der Waals surface area contributed by atoms with Gasteiger partial charge in [-0.05, 0) is 18.9 Å². The molecule has 1 aromatic heterocycles. The molecule has 1 amide bonds. The van der Waals surface area contributed by atoms with E-state index in [0.29, 0.717) is 25.8 Å². The van der Waals surface area contributed by atoms with E-state index in [9.17, 15) is 4.79 Å². The molecule has 0 bridgehead atoms. The van der Waals surface area contributed by atoms with Gasteiger partial charge in [-0.25, -0.2) is 9.97 Å². The summed E-state index contributed by atoms with van der Waals surface area (Å²) in [5.74, 6) is -0.0120. The van der Waals surface area contributed by atoms with Gasteiger partial charge in [0.25, 0.3) is 0 Å². The molecule has 0 saturated carbocycles. The highest BCUT2D eigenvalue weighted by Crippen LogP contribution is 1.95. The molecule has 1 rings (SSSR count). The molecule has 82 valence electrons. The molecule has 0 saturated heterocycles. The Bertz CT molecular complexity index is 290. The van der Waals surface area contributed by atoms with E-state index in [-0.39, 0.29) is 12.5 Å². The fourth-order valence-electron chi connectivity index (χ4n) is 1.10. The second-order valence-electron chi connectivity index (χ2n) is 3.16. The summed E-state index contributed by atoms with van der Waals surface area (Å²) in [6, 6.07) is 1.76. The van der Waals surface area contributed by atoms with Gasteiger partial charge in [0.2, 0.25) is 5.91 Å². The van der Waals surface area contributed by atoms with E-state index in [0.717, 1.165) is 5.69 Å². The number of unbranched alkanes of at least 4 members (excludes halogenated alkanes) is 1. The van der Waals surface area contributed by atoms with Crippen LogP contribution in [0.5, 0.6) is 0 Å². The third kappa shape index (κ3) is 5.07. The van der Waals surface area contributed by atoms with Gasteiger partial charge in [0.15, 0.2) is 0 Å². The van der Waals surface area contributed by atoms with E-state index < -0.39 is 0 Å². The highest BCUT2D eigenvalue weighted by atomic mass is 16.2. The van der Waals surface area contributed by atoms with Gasteiger partial charge in [0.1, 0.15) is 6.33 Å². The number of aromatic nitrogens is 2. The Morgan fingerprint density at radius 3 is 3.00 bits per heavy atom. The van der Waals surface area contributed by atoms with Crippen LogP contribution in [0.1, 0.15) is 25.0 Å². The van der Waals surface area contributed by atoms with Crippen molar-refractivity contribution in [1.82, 2.24) is 15.3 Å². The quantitative estimate of drug-likeness (QED) is 0.659. The Morgan fingerprint density at radius 1 is 1.47 bits per heavy atom. The first kappa shape index (κ1) is 11.6. The van der Waals surface area contributed by atoms with E-state index in [1.807, 2.05) is 0 Å². The lowest BCUT2D eigenvalue weighted by atomic mass is 10.2. The normalized spacial score (nSPS) is 9.93. The first-order valence-corrected chi connectivity index (χ1v) is 4.95. The van der Waals surface area contributed by atoms with Gasteiger partial charge in [-0.1, -0.05) is 0 Å². The number of rotatable bonds is 6. The lowest BCUT2D eigenvalue weighted by Crippen LogP contribution is -2.22. The van der Waals surface area contributed by atoms with Crippen molar-refractivity contribution in [2.45, 2.75) is 25.8 Å². The van der Waals surface area contributed by atoms with Crippen LogP contribution < -0.4 is 5.32 Å². The third-order valence-corrected chi connectivity index (χ3v) is 1.92. The number of amides is 1. The van der Waals surface area contributed by atoms with Crippen LogP contribution in [0, 0.1) is 0 Å². The Hall–Kier alpha value is -1.49. The standard InChI is InChI=1S/C10H15N3O2/c14-6-2-1-3-10(15)12-7-9-4-5-11-8-13-9/h4-5,8,14H,1-3,6-7H2,(H,12,15). The molecule has 15 heavy (non-hydrogen) atoms. The topological polar surface area (TPSA) is 75.1 Å². The first-order valence-electron chi connectivity index (χ1n) is 4.95. The van der Waals surface area contributed by atoms with Crippen molar-refractivity contribution in [3.8, 4) is 0 Å². The Kier molecular flexibility index (Phi) is 5.32. The molecule has 0 aliphatic carbocycles. The number of carbonyl (C=O) groups is 1. The minimum atomic E-state index is -0.0120. The van der Waals surface area contributed by atoms with Gasteiger partial charge in [0.05, 0.1) is 12.2 Å². The molecule has 0 atom stereocenters. The van der Waals surface area contributed by atoms with Crippen LogP contribution >= 0.6 is 0 Å². The minimum Gasteiger partial charge on any atom is -0.396 e. The smallest absolute Gasteiger partial charge is 0.220 e. The van der Waals surface area contributed by atoms with Crippen molar-refractivity contribution in [2.24, 2.45) is 0 Å². The molecule has 0 aliphatic rings. The van der Waals surface area contributed by atoms with Crippen molar-refractivity contribution < 1.29 is 9.90 Å². The summed E-state index contributed by atoms with van der Waals surface area (Å²) in [4.78, 5) is 19.0. The van der Waals surface area contributed by atoms with Crippen molar-refractivity contribution in [1.29, 1.82) is 0 Å². The number of aliphatic hydroxyl groups is 1. The van der Waals surface area contributed by atoms with Crippen LogP contribution in [0.3, 0.4) is 0 Å². The van der Waals surface area contributed by atoms with Gasteiger partial charge in [-0.2, -0.15) is 0 Å². The number of carbonyl (C=O) groups excluding carboxylic acids is 1. The summed E-state index contributed by atoms with van der Waals surface area (Å²) >= 11 is 0. The van der Waals surface area contributed by atoms with Crippen LogP contribution in [0.15, 0.2) is 18.6 Å². The molecule has 0 fully saturated rings. The van der Waals surface area contributed by atoms with Crippen LogP contribution in [0.2, 0.25) is 0 Å². The van der Waals surface area contributed by atoms with Crippen molar-refractivity contribution >= 4 is 5.91 Å². The lowest BCUT2D eigenvalue weighted by molar-refractivity contribution is -0.121. The average Bonchev–Trinajstić information content (AvgIpc) is 2.28. The average molecular weight is 209 g/mol. The zero-order valence-corrected chi connectivity index (χ0v) is 8.52. The summed E-state index contributed by atoms with van der Waals surface area (Å²) in [5, 5.41) is 11.3. The van der Waals surface area contributed by atoms with Crippen LogP contribution in [0.4, 0.5) is 0 Å². The first-order chi connectivity index (χ1) is 7.33. The molecule has 0 radical (unpaired) electrons. The second kappa shape index (κ2) is 6.89. The van der Waals surface area contributed by atoms with Crippen molar-refractivity contribution in [3.63, 3.8) is 0 Å². The van der Waals surface area contributed by atoms with Gasteiger partial charge in [0, 0.05) is 19.2 Å². The maximum Gasteiger partial charge on any atom is 0.220 e. The molecule has 1 heterocycles. The molecular weight excluding hydrogens is 194 g/mol. The van der Waals surface area contributed by atoms with Crippen LogP contribution in [-0.2, 0) is 11.3 Å². The molecule has 0 spiro atoms. The minimum absolute atomic E-state index is 0.0120. The molecule has 5 nitrogen and oxygen atoms in total. The summed E-state index contributed by atoms with van der Waals surface area (Å²) < 4.78 is 0. The van der Waals surface area contributed by atoms with Gasteiger partial charge in [-0.15, -0.1) is 0 Å². The van der Waals surface area contributed by atoms with Gasteiger partial charge in [-0.3, -0.25) is 4.79 Å². The highest BCUT2D eigenvalue weighted by Gasteiger charge is 2.00. The van der Waals surface area contributed by atoms with E-state index in [1.165, 1.54) is 6.33 Å². The van der Waals surface area contributed by atoms with E-state index in [2.05, 4.69) is 15.3 Å². The lowest BCUT2D eigenvalue weighted by Gasteiger charge is -2.03. The number of hydrogen-bond donors (Lipinski definition) is 2. The monoisotopic (exact) mass is 209 g/mol. The number of aliphatic hydroxyl groups excluding tert-OH is 1. The zero-order chi connectivity index (χ0) is 10.9. The Morgan fingerprint density at radius 2 is 2.33 bits per heavy atom. The van der Waals surface area contributed by atoms with E-state index in [1.54, 1.807) is 12.3 Å². The molecule has 0 aromatic carbocycles. The maximum atomic E-state index is 11.3. The van der Waals surface area contributed by atoms with Crippen molar-refractivity contribution in [2.75, 3.05) is 6.61 Å². The summed E-state index contributed by atoms with van der Waals surface area (Å²) in [5.41, 5.74) is 0.792. The van der Waals surface area contributed by atoms with Crippen LogP contribution in [-0.4, -0.2) is 27.6 Å². The molecule has 1 aromatic rings. The third-order valence-electron chi connectivity index (χ3n) is 1.92. The predicted molar refractivity (Wildman–Crippen MR) is 54.8 cm³/mol. The molecular formula is C10H15N3O2. The van der Waals surface area contributed by atoms with E-state index in [4.69, 9.17) is 5.11 Å². The molecule has 2 N–H and O–H groups in total. The van der Waals surface area contributed by atoms with E-state index >= 15 is 0 Å². The fraction of sp³-hybridized carbons (Fsp3) is 0.500. The summed E-state index contributed by atoms with van der Waals surface area (Å²) in [6.45, 7) is 0.569. The predicted octanol–water partition coefficient (Wildman–Crippen LogP) is 0.255. The van der Waals surface area contributed by atoms with Gasteiger partial charge >= 0.3 is 0 Å². The number of nitrogens with one attached hydrogen (secondary N) is 1. The Labute approximate surface area is 88.6 Å². The molecule has 5 heteroatoms. The van der Waals surface area contributed by atoms with Crippen molar-refractivity contribution in [3.05, 3.63) is 24.3 Å². The SMILES string of the molecule is O=C(CCCCO)NCc1ccncn1. The highest BCUT2D eigenvalue weighted by molar-refractivity contribution is 5.75. The van der Waals surface area contributed by atoms with Gasteiger partial charge < -0.3 is 10.4 Å². The fourth-order valence-corrected chi connectivity index (χ4v) is 1.10. The Balaban J connectivity index is 2.17. The molecule has 0 unspecified atom stereocenters. The second-order valence-corrected chi connectivity index (χ2v) is 3.16. The summed E-state index contributed by atoms with van der Waals surface area (Å²) in [6.07, 6.45) is 4.92. The zero-order valence-electron chi connectivity index (χ0n) is 8.52.